The van der Waals surface area contributed by atoms with Gasteiger partial charge in [-0.05, 0) is 17.2 Å². The van der Waals surface area contributed by atoms with Crippen molar-refractivity contribution in [2.24, 2.45) is 5.73 Å². The number of pyridine rings is 1. The number of nitrogens with two attached hydrogens (primary N) is 1. The van der Waals surface area contributed by atoms with Crippen molar-refractivity contribution in [3.05, 3.63) is 71.9 Å². The number of hydrogen-bond acceptors (Lipinski definition) is 6. The van der Waals surface area contributed by atoms with Crippen LogP contribution in [0, 0.1) is 0 Å². The predicted octanol–water partition coefficient (Wildman–Crippen LogP) is 2.24. The normalized spacial score (nSPS) is 11.0. The van der Waals surface area contributed by atoms with E-state index in [-0.39, 0.29) is 0 Å². The Morgan fingerprint density at radius 2 is 2.04 bits per heavy atom. The Morgan fingerprint density at radius 3 is 2.81 bits per heavy atom. The van der Waals surface area contributed by atoms with Crippen molar-refractivity contribution in [1.29, 1.82) is 0 Å². The summed E-state index contributed by atoms with van der Waals surface area (Å²) in [5.74, 6) is 1.30. The molecule has 0 spiro atoms. The van der Waals surface area contributed by atoms with Gasteiger partial charge >= 0.3 is 0 Å². The third kappa shape index (κ3) is 3.12. The van der Waals surface area contributed by atoms with Gasteiger partial charge in [-0.15, -0.1) is 0 Å². The number of hydrogen-bond donors (Lipinski definition) is 1. The smallest absolute Gasteiger partial charge is 0.212 e. The fourth-order valence-electron chi connectivity index (χ4n) is 2.80. The Kier molecular flexibility index (Phi) is 4.28. The van der Waals surface area contributed by atoms with E-state index >= 15 is 0 Å². The zero-order valence-electron chi connectivity index (χ0n) is 14.3. The molecule has 0 radical (unpaired) electrons. The molecule has 7 nitrogen and oxygen atoms in total. The number of nitrogens with zero attached hydrogens (tertiary/aromatic N) is 5. The first-order valence-corrected chi connectivity index (χ1v) is 8.25. The molecule has 0 unspecified atom stereocenters. The highest BCUT2D eigenvalue weighted by Crippen LogP contribution is 2.22. The first-order chi connectivity index (χ1) is 12.8. The lowest BCUT2D eigenvalue weighted by molar-refractivity contribution is 0.397. The van der Waals surface area contributed by atoms with Gasteiger partial charge in [0.05, 0.1) is 7.11 Å². The van der Waals surface area contributed by atoms with Gasteiger partial charge in [0.15, 0.2) is 11.5 Å². The minimum atomic E-state index is 0.485. The Morgan fingerprint density at radius 1 is 1.12 bits per heavy atom. The van der Waals surface area contributed by atoms with E-state index in [1.54, 1.807) is 30.2 Å². The molecule has 0 amide bonds. The summed E-state index contributed by atoms with van der Waals surface area (Å²) in [6, 6.07) is 11.8. The van der Waals surface area contributed by atoms with Crippen LogP contribution in [0.1, 0.15) is 17.0 Å². The minimum Gasteiger partial charge on any atom is -0.481 e. The quantitative estimate of drug-likeness (QED) is 0.596. The van der Waals surface area contributed by atoms with Gasteiger partial charge in [0.25, 0.3) is 0 Å². The van der Waals surface area contributed by atoms with Crippen LogP contribution in [0.5, 0.6) is 5.88 Å². The van der Waals surface area contributed by atoms with Crippen LogP contribution in [0.4, 0.5) is 0 Å². The highest BCUT2D eigenvalue weighted by molar-refractivity contribution is 5.73. The Labute approximate surface area is 150 Å². The third-order valence-corrected chi connectivity index (χ3v) is 4.10. The lowest BCUT2D eigenvalue weighted by Gasteiger charge is -2.04. The second-order valence-electron chi connectivity index (χ2n) is 5.86. The summed E-state index contributed by atoms with van der Waals surface area (Å²) in [7, 11) is 1.60. The fraction of sp³-hybridized carbons (Fsp3) is 0.158. The number of methoxy groups -OCH3 is 1. The lowest BCUT2D eigenvalue weighted by Crippen LogP contribution is -1.97. The van der Waals surface area contributed by atoms with E-state index in [0.29, 0.717) is 24.7 Å². The topological polar surface area (TPSA) is 91.2 Å². The first kappa shape index (κ1) is 16.2. The van der Waals surface area contributed by atoms with Crippen molar-refractivity contribution in [2.45, 2.75) is 13.0 Å². The van der Waals surface area contributed by atoms with Gasteiger partial charge in [0, 0.05) is 43.2 Å². The summed E-state index contributed by atoms with van der Waals surface area (Å²) in [6.45, 7) is 0.485. The third-order valence-electron chi connectivity index (χ3n) is 4.10. The molecule has 3 heterocycles. The molecule has 0 atom stereocenters. The summed E-state index contributed by atoms with van der Waals surface area (Å²) in [5, 5.41) is 4.56. The molecule has 0 saturated carbocycles. The van der Waals surface area contributed by atoms with Crippen LogP contribution in [-0.2, 0) is 13.0 Å². The Hall–Kier alpha value is -3.32. The average molecular weight is 346 g/mol. The van der Waals surface area contributed by atoms with Crippen LogP contribution in [0.2, 0.25) is 0 Å². The van der Waals surface area contributed by atoms with E-state index in [0.717, 1.165) is 28.0 Å². The maximum absolute atomic E-state index is 5.75. The van der Waals surface area contributed by atoms with Crippen LogP contribution >= 0.6 is 0 Å². The van der Waals surface area contributed by atoms with Crippen molar-refractivity contribution < 1.29 is 4.74 Å². The molecular weight excluding hydrogens is 328 g/mol. The molecule has 0 bridgehead atoms. The summed E-state index contributed by atoms with van der Waals surface area (Å²) < 4.78 is 6.84. The van der Waals surface area contributed by atoms with Gasteiger partial charge in [-0.25, -0.2) is 14.5 Å². The molecule has 0 aliphatic rings. The zero-order chi connectivity index (χ0) is 17.9. The van der Waals surface area contributed by atoms with Crippen LogP contribution < -0.4 is 10.5 Å². The van der Waals surface area contributed by atoms with Gasteiger partial charge in [-0.3, -0.25) is 4.98 Å². The first-order valence-electron chi connectivity index (χ1n) is 8.25. The molecule has 1 aromatic carbocycles. The summed E-state index contributed by atoms with van der Waals surface area (Å²) >= 11 is 0. The zero-order valence-corrected chi connectivity index (χ0v) is 14.3. The van der Waals surface area contributed by atoms with E-state index in [1.165, 1.54) is 0 Å². The van der Waals surface area contributed by atoms with Crippen LogP contribution in [0.25, 0.3) is 16.9 Å². The number of benzene rings is 1. The Bertz CT molecular complexity index is 1040. The largest absolute Gasteiger partial charge is 0.481 e. The summed E-state index contributed by atoms with van der Waals surface area (Å²) in [6.07, 6.45) is 5.88. The maximum Gasteiger partial charge on any atom is 0.212 e. The van der Waals surface area contributed by atoms with Crippen molar-refractivity contribution in [3.8, 4) is 17.1 Å². The van der Waals surface area contributed by atoms with Crippen LogP contribution in [0.15, 0.2) is 55.0 Å². The van der Waals surface area contributed by atoms with Crippen molar-refractivity contribution in [3.63, 3.8) is 0 Å². The lowest BCUT2D eigenvalue weighted by atomic mass is 10.1. The monoisotopic (exact) mass is 346 g/mol. The molecule has 0 aliphatic carbocycles. The highest BCUT2D eigenvalue weighted by Gasteiger charge is 2.12. The summed E-state index contributed by atoms with van der Waals surface area (Å²) in [4.78, 5) is 13.4. The average Bonchev–Trinajstić information content (AvgIpc) is 3.11. The van der Waals surface area contributed by atoms with Crippen molar-refractivity contribution >= 4 is 5.65 Å². The number of rotatable bonds is 5. The molecule has 0 fully saturated rings. The molecule has 7 heteroatoms. The molecule has 3 aromatic heterocycles. The fourth-order valence-corrected chi connectivity index (χ4v) is 2.80. The second-order valence-corrected chi connectivity index (χ2v) is 5.86. The van der Waals surface area contributed by atoms with Gasteiger partial charge in [-0.2, -0.15) is 5.10 Å². The molecule has 2 N–H and O–H groups in total. The minimum absolute atomic E-state index is 0.485. The van der Waals surface area contributed by atoms with E-state index in [4.69, 9.17) is 10.5 Å². The Balaban J connectivity index is 1.70. The van der Waals surface area contributed by atoms with Gasteiger partial charge in [0.2, 0.25) is 5.88 Å². The maximum atomic E-state index is 5.75. The van der Waals surface area contributed by atoms with Crippen molar-refractivity contribution in [1.82, 2.24) is 24.6 Å². The second kappa shape index (κ2) is 6.89. The van der Waals surface area contributed by atoms with Gasteiger partial charge in [0.1, 0.15) is 5.69 Å². The predicted molar refractivity (Wildman–Crippen MR) is 97.7 cm³/mol. The standard InChI is InChI=1S/C19H18N6O/c1-26-17-6-5-14(12-22-17)10-16-23-19-18(21-7-8-25(19)24-16)15-4-2-3-13(9-15)11-20/h2-9,12H,10-11,20H2,1H3. The van der Waals surface area contributed by atoms with E-state index < -0.39 is 0 Å². The molecule has 0 aliphatic heterocycles. The summed E-state index contributed by atoms with van der Waals surface area (Å²) in [5.41, 5.74) is 10.3. The van der Waals surface area contributed by atoms with Crippen LogP contribution in [-0.4, -0.2) is 31.7 Å². The van der Waals surface area contributed by atoms with Crippen molar-refractivity contribution in [2.75, 3.05) is 7.11 Å². The number of aromatic nitrogens is 5. The number of ether oxygens (including phenoxy) is 1. The van der Waals surface area contributed by atoms with Gasteiger partial charge < -0.3 is 10.5 Å². The SMILES string of the molecule is COc1ccc(Cc2nc3c(-c4cccc(CN)c4)nccn3n2)cn1. The number of fused-ring (bicyclic) bond motifs is 1. The van der Waals surface area contributed by atoms with E-state index in [1.807, 2.05) is 36.4 Å². The molecule has 4 rings (SSSR count). The molecule has 26 heavy (non-hydrogen) atoms. The highest BCUT2D eigenvalue weighted by atomic mass is 16.5. The van der Waals surface area contributed by atoms with E-state index in [9.17, 15) is 0 Å². The van der Waals surface area contributed by atoms with Crippen LogP contribution in [0.3, 0.4) is 0 Å². The van der Waals surface area contributed by atoms with E-state index in [2.05, 4.69) is 20.1 Å². The van der Waals surface area contributed by atoms with Gasteiger partial charge in [-0.1, -0.05) is 24.3 Å². The molecule has 130 valence electrons. The molecule has 4 aromatic rings. The molecule has 0 saturated heterocycles. The molecular formula is C19H18N6O.